The van der Waals surface area contributed by atoms with Crippen LogP contribution in [0, 0.1) is 6.92 Å². The summed E-state index contributed by atoms with van der Waals surface area (Å²) in [5.41, 5.74) is 2.17. The summed E-state index contributed by atoms with van der Waals surface area (Å²) in [6.07, 6.45) is 0.194. The second-order valence-electron chi connectivity index (χ2n) is 6.43. The van der Waals surface area contributed by atoms with Crippen LogP contribution in [-0.4, -0.2) is 35.8 Å². The predicted octanol–water partition coefficient (Wildman–Crippen LogP) is 3.53. The van der Waals surface area contributed by atoms with Crippen molar-refractivity contribution >= 4 is 5.78 Å². The summed E-state index contributed by atoms with van der Waals surface area (Å²) in [6, 6.07) is 14.7. The Hall–Kier alpha value is -2.17. The van der Waals surface area contributed by atoms with Crippen molar-refractivity contribution in [3.05, 3.63) is 65.2 Å². The van der Waals surface area contributed by atoms with E-state index in [1.807, 2.05) is 44.2 Å². The van der Waals surface area contributed by atoms with Gasteiger partial charge in [0.05, 0.1) is 12.7 Å². The molecule has 0 amide bonds. The number of hydrogen-bond acceptors (Lipinski definition) is 4. The molecule has 1 aliphatic rings. The minimum Gasteiger partial charge on any atom is -0.487 e. The molecule has 4 heteroatoms. The van der Waals surface area contributed by atoms with Gasteiger partial charge in [0.25, 0.3) is 0 Å². The van der Waals surface area contributed by atoms with Gasteiger partial charge in [0.1, 0.15) is 18.0 Å². The smallest absolute Gasteiger partial charge is 0.193 e. The summed E-state index contributed by atoms with van der Waals surface area (Å²) < 4.78 is 11.6. The summed E-state index contributed by atoms with van der Waals surface area (Å²) >= 11 is 0. The fraction of sp³-hybridized carbons (Fsp3) is 0.381. The van der Waals surface area contributed by atoms with Gasteiger partial charge in [0.2, 0.25) is 0 Å². The maximum absolute atomic E-state index is 12.6. The molecule has 0 spiro atoms. The Labute approximate surface area is 148 Å². The van der Waals surface area contributed by atoms with Gasteiger partial charge in [-0.2, -0.15) is 0 Å². The van der Waals surface area contributed by atoms with Crippen LogP contribution in [0.4, 0.5) is 0 Å². The van der Waals surface area contributed by atoms with Crippen LogP contribution in [0.25, 0.3) is 0 Å². The number of aryl methyl sites for hydroxylation is 1. The topological polar surface area (TPSA) is 55.8 Å². The molecule has 3 atom stereocenters. The number of carbonyl (C=O) groups is 1. The third kappa shape index (κ3) is 3.91. The highest BCUT2D eigenvalue weighted by Crippen LogP contribution is 2.27. The van der Waals surface area contributed by atoms with E-state index in [9.17, 15) is 9.90 Å². The van der Waals surface area contributed by atoms with Crippen molar-refractivity contribution < 1.29 is 19.4 Å². The SMILES string of the molecule is CCC1OCCC(Oc2cc(C(=O)c3ccccc3)ccc2C)[C@@H]1O. The Morgan fingerprint density at radius 3 is 2.68 bits per heavy atom. The molecular weight excluding hydrogens is 316 g/mol. The van der Waals surface area contributed by atoms with Gasteiger partial charge in [-0.15, -0.1) is 0 Å². The highest BCUT2D eigenvalue weighted by molar-refractivity contribution is 6.09. The maximum Gasteiger partial charge on any atom is 0.193 e. The molecular formula is C21H24O4. The van der Waals surface area contributed by atoms with Crippen LogP contribution in [0.1, 0.15) is 41.3 Å². The van der Waals surface area contributed by atoms with Gasteiger partial charge >= 0.3 is 0 Å². The third-order valence-corrected chi connectivity index (χ3v) is 4.66. The fourth-order valence-corrected chi connectivity index (χ4v) is 3.12. The maximum atomic E-state index is 12.6. The molecule has 0 saturated carbocycles. The number of ether oxygens (including phenoxy) is 2. The largest absolute Gasteiger partial charge is 0.487 e. The molecule has 25 heavy (non-hydrogen) atoms. The van der Waals surface area contributed by atoms with E-state index in [0.717, 1.165) is 12.0 Å². The van der Waals surface area contributed by atoms with Gasteiger partial charge in [-0.1, -0.05) is 49.4 Å². The van der Waals surface area contributed by atoms with Crippen LogP contribution in [-0.2, 0) is 4.74 Å². The van der Waals surface area contributed by atoms with E-state index in [2.05, 4.69) is 0 Å². The van der Waals surface area contributed by atoms with Gasteiger partial charge in [-0.25, -0.2) is 0 Å². The predicted molar refractivity (Wildman–Crippen MR) is 96.1 cm³/mol. The molecule has 0 radical (unpaired) electrons. The number of rotatable bonds is 5. The van der Waals surface area contributed by atoms with Crippen LogP contribution in [0.2, 0.25) is 0 Å². The Bertz CT molecular complexity index is 726. The van der Waals surface area contributed by atoms with E-state index in [1.54, 1.807) is 18.2 Å². The monoisotopic (exact) mass is 340 g/mol. The highest BCUT2D eigenvalue weighted by atomic mass is 16.5. The van der Waals surface area contributed by atoms with Crippen molar-refractivity contribution in [2.45, 2.75) is 45.0 Å². The Morgan fingerprint density at radius 2 is 1.96 bits per heavy atom. The van der Waals surface area contributed by atoms with Crippen molar-refractivity contribution in [2.75, 3.05) is 6.61 Å². The molecule has 1 saturated heterocycles. The fourth-order valence-electron chi connectivity index (χ4n) is 3.12. The normalized spacial score (nSPS) is 23.2. The van der Waals surface area contributed by atoms with E-state index in [4.69, 9.17) is 9.47 Å². The summed E-state index contributed by atoms with van der Waals surface area (Å²) in [6.45, 7) is 4.50. The number of ketones is 1. The van der Waals surface area contributed by atoms with E-state index in [0.29, 0.717) is 29.9 Å². The number of carbonyl (C=O) groups excluding carboxylic acids is 1. The lowest BCUT2D eigenvalue weighted by Gasteiger charge is -2.34. The van der Waals surface area contributed by atoms with Crippen molar-refractivity contribution in [3.8, 4) is 5.75 Å². The average molecular weight is 340 g/mol. The summed E-state index contributed by atoms with van der Waals surface area (Å²) in [4.78, 5) is 12.6. The first-order valence-corrected chi connectivity index (χ1v) is 8.77. The average Bonchev–Trinajstić information content (AvgIpc) is 2.65. The molecule has 2 aromatic carbocycles. The van der Waals surface area contributed by atoms with E-state index >= 15 is 0 Å². The quantitative estimate of drug-likeness (QED) is 0.846. The van der Waals surface area contributed by atoms with Crippen LogP contribution < -0.4 is 4.74 Å². The highest BCUT2D eigenvalue weighted by Gasteiger charge is 2.33. The molecule has 1 fully saturated rings. The Kier molecular flexibility index (Phi) is 5.51. The van der Waals surface area contributed by atoms with E-state index in [1.165, 1.54) is 0 Å². The Balaban J connectivity index is 1.81. The lowest BCUT2D eigenvalue weighted by atomic mass is 9.99. The van der Waals surface area contributed by atoms with Crippen molar-refractivity contribution in [1.82, 2.24) is 0 Å². The summed E-state index contributed by atoms with van der Waals surface area (Å²) in [7, 11) is 0. The van der Waals surface area contributed by atoms with E-state index < -0.39 is 6.10 Å². The van der Waals surface area contributed by atoms with Crippen molar-refractivity contribution in [2.24, 2.45) is 0 Å². The van der Waals surface area contributed by atoms with Gasteiger partial charge in [0, 0.05) is 17.5 Å². The zero-order valence-electron chi connectivity index (χ0n) is 14.6. The molecule has 2 aromatic rings. The molecule has 1 N–H and O–H groups in total. The molecule has 0 aromatic heterocycles. The minimum absolute atomic E-state index is 0.0376. The van der Waals surface area contributed by atoms with Crippen LogP contribution >= 0.6 is 0 Å². The van der Waals surface area contributed by atoms with Crippen LogP contribution in [0.3, 0.4) is 0 Å². The lowest BCUT2D eigenvalue weighted by Crippen LogP contribution is -2.47. The third-order valence-electron chi connectivity index (χ3n) is 4.66. The second kappa shape index (κ2) is 7.81. The Morgan fingerprint density at radius 1 is 1.20 bits per heavy atom. The molecule has 0 aliphatic carbocycles. The number of hydrogen-bond donors (Lipinski definition) is 1. The molecule has 2 unspecified atom stereocenters. The molecule has 1 heterocycles. The van der Waals surface area contributed by atoms with Crippen molar-refractivity contribution in [3.63, 3.8) is 0 Å². The molecule has 132 valence electrons. The van der Waals surface area contributed by atoms with Crippen molar-refractivity contribution in [1.29, 1.82) is 0 Å². The zero-order valence-corrected chi connectivity index (χ0v) is 14.6. The zero-order chi connectivity index (χ0) is 17.8. The number of aliphatic hydroxyl groups excluding tert-OH is 1. The molecule has 0 bridgehead atoms. The first-order valence-electron chi connectivity index (χ1n) is 8.77. The van der Waals surface area contributed by atoms with E-state index in [-0.39, 0.29) is 18.0 Å². The first kappa shape index (κ1) is 17.6. The minimum atomic E-state index is -0.661. The second-order valence-corrected chi connectivity index (χ2v) is 6.43. The molecule has 3 rings (SSSR count). The van der Waals surface area contributed by atoms with Gasteiger partial charge in [-0.05, 0) is 25.0 Å². The van der Waals surface area contributed by atoms with Crippen LogP contribution in [0.5, 0.6) is 5.75 Å². The molecule has 4 nitrogen and oxygen atoms in total. The lowest BCUT2D eigenvalue weighted by molar-refractivity contribution is -0.127. The summed E-state index contributed by atoms with van der Waals surface area (Å²) in [5, 5.41) is 10.4. The number of benzene rings is 2. The van der Waals surface area contributed by atoms with Gasteiger partial charge < -0.3 is 14.6 Å². The first-order chi connectivity index (χ1) is 12.1. The van der Waals surface area contributed by atoms with Gasteiger partial charge in [0.15, 0.2) is 5.78 Å². The standard InChI is InChI=1S/C21H24O4/c1-3-17-21(23)18(11-12-24-17)25-19-13-16(10-9-14(19)2)20(22)15-7-5-4-6-8-15/h4-10,13,17-18,21,23H,3,11-12H2,1-2H3/t17?,18?,21-/m1/s1. The molecule has 1 aliphatic heterocycles. The summed E-state index contributed by atoms with van der Waals surface area (Å²) in [5.74, 6) is 0.604. The van der Waals surface area contributed by atoms with Gasteiger partial charge in [-0.3, -0.25) is 4.79 Å². The number of aliphatic hydroxyl groups is 1. The van der Waals surface area contributed by atoms with Crippen LogP contribution in [0.15, 0.2) is 48.5 Å².